The molecule has 0 bridgehead atoms. The van der Waals surface area contributed by atoms with Crippen molar-refractivity contribution in [3.63, 3.8) is 0 Å². The Morgan fingerprint density at radius 2 is 0.818 bits per heavy atom. The summed E-state index contributed by atoms with van der Waals surface area (Å²) in [7, 11) is 0. The molecule has 11 aromatic rings. The summed E-state index contributed by atoms with van der Waals surface area (Å²) in [6.45, 7) is 8.71. The second kappa shape index (κ2) is 19.6. The van der Waals surface area contributed by atoms with Gasteiger partial charge in [-0.2, -0.15) is 0 Å². The Labute approximate surface area is 453 Å². The molecule has 0 saturated carbocycles. The Kier molecular flexibility index (Phi) is 12.0. The van der Waals surface area contributed by atoms with Crippen LogP contribution in [0.1, 0.15) is 52.8 Å². The van der Waals surface area contributed by atoms with Gasteiger partial charge in [-0.05, 0) is 154 Å². The monoisotopic (exact) mass is 983 g/mol. The smallest absolute Gasteiger partial charge is 0.0719 e. The van der Waals surface area contributed by atoms with E-state index in [1.807, 2.05) is 12.2 Å². The van der Waals surface area contributed by atoms with Crippen molar-refractivity contribution in [2.24, 2.45) is 0 Å². The van der Waals surface area contributed by atoms with E-state index in [-0.39, 0.29) is 5.41 Å². The van der Waals surface area contributed by atoms with Crippen molar-refractivity contribution < 1.29 is 0 Å². The zero-order chi connectivity index (χ0) is 51.9. The largest absolute Gasteiger partial charge is 0.310 e. The fraction of sp³-hybridized carbons (Fsp3) is 0.0526. The standard InChI is InChI=1S/C76H57N/c1-4-5-11-36-73(58-28-16-8-17-29-58)77(64-46-48-66-65-34-22-23-35-70(65)75(2,3)71(66)52-64)63-44-41-56(42-45-63)59-43-47-67-69-50-60(54-26-14-7-15-27-54)49-68(57-39-37-55(38-40-57)53-24-12-6-13-25-53)74(69)76(72(67)51-59,61-30-18-9-19-31-61)62-32-20-10-21-33-62/h4-52H,1H2,2-3H3/b11-5-,73-36+. The van der Waals surface area contributed by atoms with Crippen molar-refractivity contribution in [3.05, 3.63) is 343 Å². The number of hydrogen-bond donors (Lipinski definition) is 0. The van der Waals surface area contributed by atoms with E-state index < -0.39 is 5.41 Å². The van der Waals surface area contributed by atoms with Gasteiger partial charge >= 0.3 is 0 Å². The molecule has 2 aliphatic rings. The van der Waals surface area contributed by atoms with Crippen molar-refractivity contribution in [1.82, 2.24) is 0 Å². The number of fused-ring (bicyclic) bond motifs is 6. The van der Waals surface area contributed by atoms with E-state index in [9.17, 15) is 0 Å². The van der Waals surface area contributed by atoms with Gasteiger partial charge in [0.05, 0.1) is 11.1 Å². The van der Waals surface area contributed by atoms with Crippen molar-refractivity contribution in [1.29, 1.82) is 0 Å². The molecular formula is C76H57N. The molecule has 0 N–H and O–H groups in total. The van der Waals surface area contributed by atoms with Crippen LogP contribution in [0.4, 0.5) is 11.4 Å². The minimum Gasteiger partial charge on any atom is -0.310 e. The molecule has 0 aliphatic heterocycles. The number of rotatable bonds is 12. The summed E-state index contributed by atoms with van der Waals surface area (Å²) in [6, 6.07) is 101. The summed E-state index contributed by atoms with van der Waals surface area (Å²) in [5.74, 6) is 0. The third kappa shape index (κ3) is 8.11. The van der Waals surface area contributed by atoms with E-state index in [4.69, 9.17) is 0 Å². The lowest BCUT2D eigenvalue weighted by atomic mass is 9.65. The molecular weight excluding hydrogens is 927 g/mol. The third-order valence-corrected chi connectivity index (χ3v) is 16.1. The van der Waals surface area contributed by atoms with E-state index >= 15 is 0 Å². The molecule has 1 heteroatoms. The molecule has 77 heavy (non-hydrogen) atoms. The van der Waals surface area contributed by atoms with E-state index in [1.165, 1.54) is 89.0 Å². The molecule has 2 aliphatic carbocycles. The predicted octanol–water partition coefficient (Wildman–Crippen LogP) is 19.9. The van der Waals surface area contributed by atoms with Gasteiger partial charge in [0.25, 0.3) is 0 Å². The van der Waals surface area contributed by atoms with Gasteiger partial charge in [-0.15, -0.1) is 0 Å². The molecule has 366 valence electrons. The molecule has 0 fully saturated rings. The highest BCUT2D eigenvalue weighted by Gasteiger charge is 2.48. The number of hydrogen-bond acceptors (Lipinski definition) is 1. The molecule has 13 rings (SSSR count). The summed E-state index contributed by atoms with van der Waals surface area (Å²) in [5, 5.41) is 0. The second-order valence-electron chi connectivity index (χ2n) is 20.8. The first-order valence-corrected chi connectivity index (χ1v) is 26.8. The van der Waals surface area contributed by atoms with Crippen LogP contribution in [0.3, 0.4) is 0 Å². The second-order valence-corrected chi connectivity index (χ2v) is 20.8. The molecule has 0 saturated heterocycles. The quantitative estimate of drug-likeness (QED) is 0.110. The van der Waals surface area contributed by atoms with Crippen LogP contribution in [0.2, 0.25) is 0 Å². The number of benzene rings is 11. The number of nitrogens with zero attached hydrogens (tertiary/aromatic N) is 1. The van der Waals surface area contributed by atoms with Gasteiger partial charge in [0, 0.05) is 16.8 Å². The maximum atomic E-state index is 4.00. The normalized spacial score (nSPS) is 13.6. The highest BCUT2D eigenvalue weighted by Crippen LogP contribution is 2.60. The average molecular weight is 984 g/mol. The first kappa shape index (κ1) is 47.2. The van der Waals surface area contributed by atoms with Crippen molar-refractivity contribution in [3.8, 4) is 66.8 Å². The lowest BCUT2D eigenvalue weighted by Crippen LogP contribution is -2.29. The van der Waals surface area contributed by atoms with Crippen LogP contribution in [-0.4, -0.2) is 0 Å². The Hall–Kier alpha value is -9.56. The lowest BCUT2D eigenvalue weighted by Gasteiger charge is -2.35. The first-order chi connectivity index (χ1) is 37.9. The Morgan fingerprint density at radius 1 is 0.351 bits per heavy atom. The van der Waals surface area contributed by atoms with Crippen LogP contribution in [0.15, 0.2) is 304 Å². The minimum atomic E-state index is -0.655. The molecule has 0 aromatic heterocycles. The van der Waals surface area contributed by atoms with Crippen LogP contribution in [0, 0.1) is 0 Å². The molecule has 0 heterocycles. The summed E-state index contributed by atoms with van der Waals surface area (Å²) >= 11 is 0. The van der Waals surface area contributed by atoms with Crippen LogP contribution < -0.4 is 4.90 Å². The summed E-state index contributed by atoms with van der Waals surface area (Å²) in [4.78, 5) is 2.42. The minimum absolute atomic E-state index is 0.157. The molecule has 0 radical (unpaired) electrons. The number of allylic oxidation sites excluding steroid dienone is 4. The maximum Gasteiger partial charge on any atom is 0.0719 e. The van der Waals surface area contributed by atoms with E-state index in [2.05, 4.69) is 310 Å². The van der Waals surface area contributed by atoms with Gasteiger partial charge < -0.3 is 4.90 Å². The van der Waals surface area contributed by atoms with E-state index in [1.54, 1.807) is 0 Å². The van der Waals surface area contributed by atoms with Gasteiger partial charge in [-0.25, -0.2) is 0 Å². The van der Waals surface area contributed by atoms with Gasteiger partial charge in [0.2, 0.25) is 0 Å². The van der Waals surface area contributed by atoms with Gasteiger partial charge in [0.15, 0.2) is 0 Å². The van der Waals surface area contributed by atoms with E-state index in [0.717, 1.165) is 33.8 Å². The van der Waals surface area contributed by atoms with Crippen molar-refractivity contribution in [2.45, 2.75) is 24.7 Å². The first-order valence-electron chi connectivity index (χ1n) is 26.8. The summed E-state index contributed by atoms with van der Waals surface area (Å²) in [6.07, 6.45) is 8.13. The van der Waals surface area contributed by atoms with Crippen LogP contribution in [0.25, 0.3) is 72.5 Å². The SMILES string of the molecule is C=C/C=C\C=C(/c1ccccc1)N(c1ccc(-c2ccc3c(c2)C(c2ccccc2)(c2ccccc2)c2c(-c4ccc(-c5ccccc5)cc4)cc(-c4ccccc4)cc2-3)cc1)c1ccc2c(c1)C(C)(C)c1ccccc1-2. The fourth-order valence-corrected chi connectivity index (χ4v) is 12.5. The van der Waals surface area contributed by atoms with Crippen LogP contribution in [-0.2, 0) is 10.8 Å². The van der Waals surface area contributed by atoms with Gasteiger partial charge in [-0.1, -0.05) is 269 Å². The molecule has 1 nitrogen and oxygen atoms in total. The van der Waals surface area contributed by atoms with Crippen LogP contribution >= 0.6 is 0 Å². The summed E-state index contributed by atoms with van der Waals surface area (Å²) in [5.41, 5.74) is 25.9. The van der Waals surface area contributed by atoms with E-state index in [0.29, 0.717) is 0 Å². The molecule has 0 spiro atoms. The van der Waals surface area contributed by atoms with Crippen LogP contribution in [0.5, 0.6) is 0 Å². The number of anilines is 2. The predicted molar refractivity (Wildman–Crippen MR) is 325 cm³/mol. The molecule has 0 amide bonds. The third-order valence-electron chi connectivity index (χ3n) is 16.1. The maximum absolute atomic E-state index is 4.00. The Balaban J connectivity index is 0.997. The Morgan fingerprint density at radius 3 is 1.47 bits per heavy atom. The van der Waals surface area contributed by atoms with Crippen molar-refractivity contribution >= 4 is 17.1 Å². The Bertz CT molecular complexity index is 3980. The zero-order valence-electron chi connectivity index (χ0n) is 43.4. The fourth-order valence-electron chi connectivity index (χ4n) is 12.5. The topological polar surface area (TPSA) is 3.24 Å². The lowest BCUT2D eigenvalue weighted by molar-refractivity contribution is 0.660. The summed E-state index contributed by atoms with van der Waals surface area (Å²) < 4.78 is 0. The zero-order valence-corrected chi connectivity index (χ0v) is 43.4. The molecule has 0 unspecified atom stereocenters. The van der Waals surface area contributed by atoms with Crippen molar-refractivity contribution in [2.75, 3.05) is 4.90 Å². The highest BCUT2D eigenvalue weighted by atomic mass is 15.1. The van der Waals surface area contributed by atoms with Gasteiger partial charge in [-0.3, -0.25) is 0 Å². The van der Waals surface area contributed by atoms with Gasteiger partial charge in [0.1, 0.15) is 0 Å². The molecule has 11 aromatic carbocycles. The highest BCUT2D eigenvalue weighted by molar-refractivity contribution is 5.97. The molecule has 0 atom stereocenters. The average Bonchev–Trinajstić information content (AvgIpc) is 4.15.